The lowest BCUT2D eigenvalue weighted by Crippen LogP contribution is -2.37. The van der Waals surface area contributed by atoms with Crippen LogP contribution in [0.5, 0.6) is 5.75 Å². The number of amides is 1. The Morgan fingerprint density at radius 2 is 2.08 bits per heavy atom. The normalized spacial score (nSPS) is 21.7. The molecule has 0 saturated heterocycles. The molecule has 24 heavy (non-hydrogen) atoms. The van der Waals surface area contributed by atoms with Crippen molar-refractivity contribution in [1.29, 1.82) is 0 Å². The number of nitrogens with one attached hydrogen (secondary N) is 1. The average molecular weight is 363 g/mol. The predicted octanol–water partition coefficient (Wildman–Crippen LogP) is 3.79. The molecule has 0 aliphatic heterocycles. The van der Waals surface area contributed by atoms with Crippen LogP contribution in [-0.4, -0.2) is 18.6 Å². The van der Waals surface area contributed by atoms with E-state index in [1.165, 1.54) is 12.1 Å². The van der Waals surface area contributed by atoms with Gasteiger partial charge in [-0.25, -0.2) is 0 Å². The Morgan fingerprint density at radius 3 is 2.75 bits per heavy atom. The first kappa shape index (κ1) is 20.6. The SMILES string of the molecule is CC(NC(=O)CC1CCCCC1N)c1cccc(OC(F)F)c1.Cl. The van der Waals surface area contributed by atoms with Crippen LogP contribution < -0.4 is 15.8 Å². The summed E-state index contributed by atoms with van der Waals surface area (Å²) in [6.07, 6.45) is 4.63. The number of carbonyl (C=O) groups excluding carboxylic acids is 1. The van der Waals surface area contributed by atoms with Crippen molar-refractivity contribution in [3.63, 3.8) is 0 Å². The predicted molar refractivity (Wildman–Crippen MR) is 91.4 cm³/mol. The second-order valence-electron chi connectivity index (χ2n) is 6.15. The fourth-order valence-corrected chi connectivity index (χ4v) is 3.07. The summed E-state index contributed by atoms with van der Waals surface area (Å²) in [5.74, 6) is 0.261. The van der Waals surface area contributed by atoms with Crippen molar-refractivity contribution in [1.82, 2.24) is 5.32 Å². The fraction of sp³-hybridized carbons (Fsp3) is 0.588. The molecule has 1 fully saturated rings. The highest BCUT2D eigenvalue weighted by Gasteiger charge is 2.24. The van der Waals surface area contributed by atoms with Crippen molar-refractivity contribution in [2.45, 2.75) is 57.7 Å². The number of rotatable bonds is 6. The van der Waals surface area contributed by atoms with Crippen molar-refractivity contribution < 1.29 is 18.3 Å². The Labute approximate surface area is 147 Å². The smallest absolute Gasteiger partial charge is 0.387 e. The zero-order valence-electron chi connectivity index (χ0n) is 13.7. The molecular weight excluding hydrogens is 338 g/mol. The van der Waals surface area contributed by atoms with Gasteiger partial charge in [0.15, 0.2) is 0 Å². The molecule has 1 aliphatic carbocycles. The van der Waals surface area contributed by atoms with E-state index in [9.17, 15) is 13.6 Å². The van der Waals surface area contributed by atoms with Crippen molar-refractivity contribution in [3.8, 4) is 5.75 Å². The van der Waals surface area contributed by atoms with E-state index in [0.29, 0.717) is 6.42 Å². The van der Waals surface area contributed by atoms with Gasteiger partial charge in [0, 0.05) is 12.5 Å². The van der Waals surface area contributed by atoms with Gasteiger partial charge < -0.3 is 15.8 Å². The first-order chi connectivity index (χ1) is 11.0. The second-order valence-corrected chi connectivity index (χ2v) is 6.15. The Morgan fingerprint density at radius 1 is 1.38 bits per heavy atom. The van der Waals surface area contributed by atoms with Gasteiger partial charge in [0.2, 0.25) is 5.91 Å². The molecule has 0 radical (unpaired) electrons. The number of nitrogens with two attached hydrogens (primary N) is 1. The molecule has 0 aromatic heterocycles. The standard InChI is InChI=1S/C17H24F2N2O2.ClH/c1-11(12-6-4-7-14(9-12)23-17(18)19)21-16(22)10-13-5-2-3-8-15(13)20;/h4,6-7,9,11,13,15,17H,2-3,5,8,10,20H2,1H3,(H,21,22);1H. The van der Waals surface area contributed by atoms with E-state index in [-0.39, 0.29) is 42.1 Å². The molecule has 1 aromatic rings. The molecule has 1 aromatic carbocycles. The zero-order valence-corrected chi connectivity index (χ0v) is 14.5. The molecule has 7 heteroatoms. The summed E-state index contributed by atoms with van der Waals surface area (Å²) in [5.41, 5.74) is 6.79. The van der Waals surface area contributed by atoms with Gasteiger partial charge in [-0.1, -0.05) is 25.0 Å². The van der Waals surface area contributed by atoms with E-state index in [2.05, 4.69) is 10.1 Å². The lowest BCUT2D eigenvalue weighted by molar-refractivity contribution is -0.123. The zero-order chi connectivity index (χ0) is 16.8. The maximum Gasteiger partial charge on any atom is 0.387 e. The highest BCUT2D eigenvalue weighted by atomic mass is 35.5. The minimum Gasteiger partial charge on any atom is -0.435 e. The third kappa shape index (κ3) is 6.24. The van der Waals surface area contributed by atoms with E-state index in [4.69, 9.17) is 5.73 Å². The van der Waals surface area contributed by atoms with Crippen LogP contribution in [-0.2, 0) is 4.79 Å². The van der Waals surface area contributed by atoms with Crippen LogP contribution in [0, 0.1) is 5.92 Å². The lowest BCUT2D eigenvalue weighted by Gasteiger charge is -2.28. The summed E-state index contributed by atoms with van der Waals surface area (Å²) < 4.78 is 28.9. The highest BCUT2D eigenvalue weighted by molar-refractivity contribution is 5.85. The molecule has 1 saturated carbocycles. The van der Waals surface area contributed by atoms with Crippen molar-refractivity contribution in [2.75, 3.05) is 0 Å². The summed E-state index contributed by atoms with van der Waals surface area (Å²) in [5, 5.41) is 2.91. The van der Waals surface area contributed by atoms with Gasteiger partial charge in [0.05, 0.1) is 6.04 Å². The van der Waals surface area contributed by atoms with Gasteiger partial charge in [-0.05, 0) is 43.4 Å². The van der Waals surface area contributed by atoms with Crippen molar-refractivity contribution in [3.05, 3.63) is 29.8 Å². The van der Waals surface area contributed by atoms with Gasteiger partial charge in [-0.15, -0.1) is 12.4 Å². The second kappa shape index (κ2) is 9.79. The van der Waals surface area contributed by atoms with E-state index < -0.39 is 6.61 Å². The third-order valence-electron chi connectivity index (χ3n) is 4.38. The van der Waals surface area contributed by atoms with Gasteiger partial charge in [-0.3, -0.25) is 4.79 Å². The quantitative estimate of drug-likeness (QED) is 0.809. The number of halogens is 3. The van der Waals surface area contributed by atoms with Crippen LogP contribution in [0.3, 0.4) is 0 Å². The Balaban J connectivity index is 0.00000288. The summed E-state index contributed by atoms with van der Waals surface area (Å²) in [4.78, 5) is 12.2. The molecule has 3 N–H and O–H groups in total. The van der Waals surface area contributed by atoms with Crippen LogP contribution in [0.25, 0.3) is 0 Å². The maximum absolute atomic E-state index is 12.3. The van der Waals surface area contributed by atoms with E-state index in [1.54, 1.807) is 12.1 Å². The van der Waals surface area contributed by atoms with Gasteiger partial charge in [-0.2, -0.15) is 8.78 Å². The molecule has 2 rings (SSSR count). The van der Waals surface area contributed by atoms with Crippen LogP contribution in [0.1, 0.15) is 50.6 Å². The number of ether oxygens (including phenoxy) is 1. The van der Waals surface area contributed by atoms with E-state index in [0.717, 1.165) is 31.2 Å². The summed E-state index contributed by atoms with van der Waals surface area (Å²) >= 11 is 0. The summed E-state index contributed by atoms with van der Waals surface area (Å²) in [7, 11) is 0. The van der Waals surface area contributed by atoms with Gasteiger partial charge >= 0.3 is 6.61 Å². The Hall–Kier alpha value is -1.40. The van der Waals surface area contributed by atoms with Crippen molar-refractivity contribution >= 4 is 18.3 Å². The number of benzene rings is 1. The fourth-order valence-electron chi connectivity index (χ4n) is 3.07. The molecule has 0 bridgehead atoms. The molecule has 1 amide bonds. The first-order valence-electron chi connectivity index (χ1n) is 8.05. The number of hydrogen-bond donors (Lipinski definition) is 2. The minimum absolute atomic E-state index is 0. The van der Waals surface area contributed by atoms with Gasteiger partial charge in [0.1, 0.15) is 5.75 Å². The highest BCUT2D eigenvalue weighted by Crippen LogP contribution is 2.26. The third-order valence-corrected chi connectivity index (χ3v) is 4.38. The van der Waals surface area contributed by atoms with Gasteiger partial charge in [0.25, 0.3) is 0 Å². The molecule has 0 heterocycles. The monoisotopic (exact) mass is 362 g/mol. The molecule has 136 valence electrons. The lowest BCUT2D eigenvalue weighted by atomic mass is 9.83. The Kier molecular flexibility index (Phi) is 8.42. The molecule has 0 spiro atoms. The topological polar surface area (TPSA) is 64.4 Å². The average Bonchev–Trinajstić information content (AvgIpc) is 2.49. The molecule has 1 aliphatic rings. The molecule has 4 nitrogen and oxygen atoms in total. The summed E-state index contributed by atoms with van der Waals surface area (Å²) in [6.45, 7) is -1.04. The number of carbonyl (C=O) groups is 1. The minimum atomic E-state index is -2.86. The molecular formula is C17H25ClF2N2O2. The van der Waals surface area contributed by atoms with E-state index >= 15 is 0 Å². The van der Waals surface area contributed by atoms with Crippen LogP contribution in [0.2, 0.25) is 0 Å². The molecule has 3 unspecified atom stereocenters. The van der Waals surface area contributed by atoms with Crippen LogP contribution in [0.15, 0.2) is 24.3 Å². The first-order valence-corrected chi connectivity index (χ1v) is 8.05. The van der Waals surface area contributed by atoms with E-state index in [1.807, 2.05) is 6.92 Å². The number of hydrogen-bond acceptors (Lipinski definition) is 3. The maximum atomic E-state index is 12.3. The number of alkyl halides is 2. The largest absolute Gasteiger partial charge is 0.435 e. The molecule has 3 atom stereocenters. The summed E-state index contributed by atoms with van der Waals surface area (Å²) in [6, 6.07) is 6.20. The van der Waals surface area contributed by atoms with Crippen molar-refractivity contribution in [2.24, 2.45) is 11.7 Å². The van der Waals surface area contributed by atoms with Crippen LogP contribution >= 0.6 is 12.4 Å². The Bertz CT molecular complexity index is 531. The van der Waals surface area contributed by atoms with Crippen LogP contribution in [0.4, 0.5) is 8.78 Å².